The van der Waals surface area contributed by atoms with E-state index in [0.29, 0.717) is 5.16 Å². The highest BCUT2D eigenvalue weighted by Gasteiger charge is 2.19. The molecule has 6 aromatic rings. The van der Waals surface area contributed by atoms with Crippen molar-refractivity contribution >= 4 is 56.2 Å². The van der Waals surface area contributed by atoms with Gasteiger partial charge in [0.25, 0.3) is 0 Å². The van der Waals surface area contributed by atoms with Crippen molar-refractivity contribution in [3.8, 4) is 33.1 Å². The van der Waals surface area contributed by atoms with Crippen molar-refractivity contribution in [3.63, 3.8) is 0 Å². The monoisotopic (exact) mass is 581 g/mol. The second-order valence-corrected chi connectivity index (χ2v) is 12.8. The van der Waals surface area contributed by atoms with E-state index in [0.717, 1.165) is 33.2 Å². The van der Waals surface area contributed by atoms with Gasteiger partial charge in [0.15, 0.2) is 11.0 Å². The molecule has 0 aliphatic rings. The smallest absolute Gasteiger partial charge is 0.234 e. The van der Waals surface area contributed by atoms with E-state index in [1.807, 2.05) is 35.9 Å². The summed E-state index contributed by atoms with van der Waals surface area (Å²) in [5.41, 5.74) is 8.65. The predicted octanol–water partition coefficient (Wildman–Crippen LogP) is 8.14. The van der Waals surface area contributed by atoms with E-state index in [9.17, 15) is 4.79 Å². The average molecular weight is 582 g/mol. The van der Waals surface area contributed by atoms with E-state index in [1.54, 1.807) is 22.7 Å². The molecule has 200 valence electrons. The number of nitrogens with one attached hydrogen (secondary N) is 1. The van der Waals surface area contributed by atoms with Gasteiger partial charge in [-0.25, -0.2) is 4.98 Å². The summed E-state index contributed by atoms with van der Waals surface area (Å²) in [6.45, 7) is 6.31. The first kappa shape index (κ1) is 26.4. The van der Waals surface area contributed by atoms with Gasteiger partial charge in [-0.3, -0.25) is 4.79 Å². The largest absolute Gasteiger partial charge is 0.325 e. The highest BCUT2D eigenvalue weighted by molar-refractivity contribution is 7.99. The first-order valence-electron chi connectivity index (χ1n) is 12.8. The van der Waals surface area contributed by atoms with E-state index in [2.05, 4.69) is 84.1 Å². The van der Waals surface area contributed by atoms with Gasteiger partial charge in [-0.05, 0) is 68.3 Å². The summed E-state index contributed by atoms with van der Waals surface area (Å²) in [5.74, 6) is 0.936. The molecule has 40 heavy (non-hydrogen) atoms. The van der Waals surface area contributed by atoms with Gasteiger partial charge < -0.3 is 9.88 Å². The Morgan fingerprint density at radius 3 is 2.42 bits per heavy atom. The Morgan fingerprint density at radius 1 is 0.925 bits per heavy atom. The second kappa shape index (κ2) is 11.0. The topological polar surface area (TPSA) is 72.7 Å². The predicted molar refractivity (Wildman–Crippen MR) is 168 cm³/mol. The van der Waals surface area contributed by atoms with Gasteiger partial charge in [0.2, 0.25) is 5.91 Å². The fraction of sp³-hybridized carbons (Fsp3) is 0.161. The number of carbonyl (C=O) groups is 1. The minimum Gasteiger partial charge on any atom is -0.325 e. The zero-order chi connectivity index (χ0) is 27.8. The Kier molecular flexibility index (Phi) is 7.27. The molecule has 6 rings (SSSR count). The zero-order valence-corrected chi connectivity index (χ0v) is 25.0. The third-order valence-corrected chi connectivity index (χ3v) is 9.68. The number of rotatable bonds is 7. The van der Waals surface area contributed by atoms with Crippen LogP contribution in [0.1, 0.15) is 16.0 Å². The first-order chi connectivity index (χ1) is 19.4. The van der Waals surface area contributed by atoms with E-state index < -0.39 is 0 Å². The first-order valence-corrected chi connectivity index (χ1v) is 15.5. The zero-order valence-electron chi connectivity index (χ0n) is 22.6. The summed E-state index contributed by atoms with van der Waals surface area (Å²) in [5, 5.41) is 15.7. The van der Waals surface area contributed by atoms with Crippen LogP contribution in [-0.4, -0.2) is 31.4 Å². The Hall–Kier alpha value is -3.79. The van der Waals surface area contributed by atoms with Crippen LogP contribution in [0.25, 0.3) is 43.3 Å². The maximum absolute atomic E-state index is 12.8. The van der Waals surface area contributed by atoms with Crippen molar-refractivity contribution in [1.29, 1.82) is 0 Å². The van der Waals surface area contributed by atoms with Crippen molar-refractivity contribution in [1.82, 2.24) is 19.7 Å². The number of hydrogen-bond acceptors (Lipinski definition) is 7. The second-order valence-electron chi connectivity index (χ2n) is 9.72. The minimum absolute atomic E-state index is 0.0931. The van der Waals surface area contributed by atoms with Gasteiger partial charge in [-0.15, -0.1) is 32.9 Å². The minimum atomic E-state index is -0.0931. The summed E-state index contributed by atoms with van der Waals surface area (Å²) in [7, 11) is 1.95. The molecule has 0 aliphatic heterocycles. The fourth-order valence-electron chi connectivity index (χ4n) is 4.55. The van der Waals surface area contributed by atoms with Crippen LogP contribution in [0.3, 0.4) is 0 Å². The molecule has 3 aromatic carbocycles. The average Bonchev–Trinajstić information content (AvgIpc) is 3.64. The van der Waals surface area contributed by atoms with Crippen LogP contribution in [0.2, 0.25) is 0 Å². The number of aryl methyl sites for hydroxylation is 3. The van der Waals surface area contributed by atoms with Gasteiger partial charge in [0, 0.05) is 39.7 Å². The van der Waals surface area contributed by atoms with Crippen molar-refractivity contribution in [2.75, 3.05) is 11.1 Å². The molecule has 1 N–H and O–H groups in total. The summed E-state index contributed by atoms with van der Waals surface area (Å²) < 4.78 is 3.14. The highest BCUT2D eigenvalue weighted by atomic mass is 32.2. The number of aromatic nitrogens is 4. The van der Waals surface area contributed by atoms with Crippen LogP contribution >= 0.6 is 34.4 Å². The van der Waals surface area contributed by atoms with E-state index >= 15 is 0 Å². The van der Waals surface area contributed by atoms with Gasteiger partial charge in [-0.1, -0.05) is 47.7 Å². The molecule has 0 unspecified atom stereocenters. The number of anilines is 1. The van der Waals surface area contributed by atoms with Crippen molar-refractivity contribution < 1.29 is 4.79 Å². The molecule has 0 aliphatic carbocycles. The maximum Gasteiger partial charge on any atom is 0.234 e. The van der Waals surface area contributed by atoms with Gasteiger partial charge in [0.05, 0.1) is 16.0 Å². The van der Waals surface area contributed by atoms with Gasteiger partial charge in [-0.2, -0.15) is 0 Å². The quantitative estimate of drug-likeness (QED) is 0.193. The fourth-order valence-corrected chi connectivity index (χ4v) is 7.20. The molecule has 0 saturated heterocycles. The summed E-state index contributed by atoms with van der Waals surface area (Å²) >= 11 is 4.76. The molecule has 0 bridgehead atoms. The molecule has 3 heterocycles. The van der Waals surface area contributed by atoms with Crippen LogP contribution in [0.5, 0.6) is 0 Å². The van der Waals surface area contributed by atoms with Crippen LogP contribution < -0.4 is 5.32 Å². The molecule has 3 aromatic heterocycles. The van der Waals surface area contributed by atoms with E-state index in [1.165, 1.54) is 43.6 Å². The molecule has 0 spiro atoms. The number of amides is 1. The third-order valence-electron chi connectivity index (χ3n) is 6.68. The lowest BCUT2D eigenvalue weighted by molar-refractivity contribution is -0.113. The van der Waals surface area contributed by atoms with Gasteiger partial charge in [0.1, 0.15) is 5.01 Å². The summed E-state index contributed by atoms with van der Waals surface area (Å²) in [6.07, 6.45) is 0. The van der Waals surface area contributed by atoms with Gasteiger partial charge >= 0.3 is 0 Å². The molecule has 0 fully saturated rings. The number of thiophene rings is 1. The van der Waals surface area contributed by atoms with Crippen molar-refractivity contribution in [3.05, 3.63) is 88.1 Å². The van der Waals surface area contributed by atoms with Crippen molar-refractivity contribution in [2.45, 2.75) is 25.9 Å². The maximum atomic E-state index is 12.8. The molecular formula is C31H27N5OS3. The number of benzene rings is 3. The number of nitrogens with zero attached hydrogens (tertiary/aromatic N) is 4. The lowest BCUT2D eigenvalue weighted by Gasteiger charge is -2.08. The van der Waals surface area contributed by atoms with Crippen LogP contribution in [0, 0.1) is 20.8 Å². The molecule has 0 saturated carbocycles. The lowest BCUT2D eigenvalue weighted by Crippen LogP contribution is -2.14. The molecular weight excluding hydrogens is 555 g/mol. The van der Waals surface area contributed by atoms with E-state index in [4.69, 9.17) is 4.98 Å². The Labute approximate surface area is 245 Å². The molecule has 9 heteroatoms. The number of thioether (sulfide) groups is 1. The molecule has 0 radical (unpaired) electrons. The SMILES string of the molecule is Cc1ccc(-c2c(-c3nnc(SCC(=O)Nc4ccc(-c5nc6ccc(C)cc6s5)cc4)n3C)csc2C)cc1. The van der Waals surface area contributed by atoms with Crippen molar-refractivity contribution in [2.24, 2.45) is 7.05 Å². The normalized spacial score (nSPS) is 11.3. The number of carbonyl (C=O) groups excluding carboxylic acids is 1. The Balaban J connectivity index is 1.11. The lowest BCUT2D eigenvalue weighted by atomic mass is 10.0. The highest BCUT2D eigenvalue weighted by Crippen LogP contribution is 2.39. The number of hydrogen-bond donors (Lipinski definition) is 1. The standard InChI is InChI=1S/C31H27N5OS3/c1-18-5-8-21(9-6-18)28-20(3)38-16-24(28)29-34-35-31(36(29)4)39-17-27(37)32-23-12-10-22(11-13-23)30-33-25-14-7-19(2)15-26(25)40-30/h5-16H,17H2,1-4H3,(H,32,37). The number of fused-ring (bicyclic) bond motifs is 1. The third kappa shape index (κ3) is 5.32. The number of thiazole rings is 1. The summed E-state index contributed by atoms with van der Waals surface area (Å²) in [6, 6.07) is 22.7. The van der Waals surface area contributed by atoms with Crippen LogP contribution in [0.4, 0.5) is 5.69 Å². The Bertz CT molecular complexity index is 1830. The molecule has 0 atom stereocenters. The van der Waals surface area contributed by atoms with E-state index in [-0.39, 0.29) is 11.7 Å². The van der Waals surface area contributed by atoms with Crippen LogP contribution in [0.15, 0.2) is 77.3 Å². The van der Waals surface area contributed by atoms with Crippen LogP contribution in [-0.2, 0) is 11.8 Å². The molecule has 1 amide bonds. The molecule has 6 nitrogen and oxygen atoms in total. The Morgan fingerprint density at radius 2 is 1.65 bits per heavy atom. The summed E-state index contributed by atoms with van der Waals surface area (Å²) in [4.78, 5) is 18.7.